The lowest BCUT2D eigenvalue weighted by Crippen LogP contribution is -2.23. The zero-order valence-corrected chi connectivity index (χ0v) is 11.3. The lowest BCUT2D eigenvalue weighted by Gasteiger charge is -2.18. The van der Waals surface area contributed by atoms with Crippen LogP contribution in [0.15, 0.2) is 42.7 Å². The van der Waals surface area contributed by atoms with Gasteiger partial charge >= 0.3 is 0 Å². The Kier molecular flexibility index (Phi) is 4.23. The normalized spacial score (nSPS) is 10.2. The van der Waals surface area contributed by atoms with Crippen LogP contribution in [-0.2, 0) is 17.9 Å². The molecule has 0 bridgehead atoms. The molecule has 1 heterocycles. The second-order valence-corrected chi connectivity index (χ2v) is 4.61. The van der Waals surface area contributed by atoms with Crippen molar-refractivity contribution in [1.82, 2.24) is 9.88 Å². The number of aromatic nitrogens is 1. The number of aromatic amines is 1. The van der Waals surface area contributed by atoms with E-state index in [1.54, 1.807) is 11.8 Å². The summed E-state index contributed by atoms with van der Waals surface area (Å²) in [6, 6.07) is 10.1. The number of carbonyl (C=O) groups excluding carboxylic acids is 1. The van der Waals surface area contributed by atoms with Gasteiger partial charge in [0.1, 0.15) is 0 Å². The van der Waals surface area contributed by atoms with Crippen molar-refractivity contribution >= 4 is 11.6 Å². The molecule has 0 aliphatic carbocycles. The van der Waals surface area contributed by atoms with Gasteiger partial charge in [-0.25, -0.2) is 0 Å². The Morgan fingerprint density at radius 3 is 2.79 bits per heavy atom. The van der Waals surface area contributed by atoms with Crippen LogP contribution >= 0.6 is 0 Å². The molecule has 0 saturated carbocycles. The van der Waals surface area contributed by atoms with E-state index in [1.807, 2.05) is 49.8 Å². The molecule has 0 unspecified atom stereocenters. The summed E-state index contributed by atoms with van der Waals surface area (Å²) in [5.41, 5.74) is 3.39. The smallest absolute Gasteiger partial charge is 0.219 e. The molecule has 0 spiro atoms. The standard InChI is InChI=1S/C15H19N3O/c1-12(19)18(2)11-14-5-3-4-6-15(14)17-10-13-7-8-16-9-13/h3-9,16-17H,10-11H2,1-2H3. The molecule has 4 heteroatoms. The van der Waals surface area contributed by atoms with Crippen LogP contribution < -0.4 is 5.32 Å². The highest BCUT2D eigenvalue weighted by atomic mass is 16.2. The van der Waals surface area contributed by atoms with Gasteiger partial charge in [-0.15, -0.1) is 0 Å². The Labute approximate surface area is 113 Å². The van der Waals surface area contributed by atoms with E-state index in [2.05, 4.69) is 10.3 Å². The van der Waals surface area contributed by atoms with Crippen LogP contribution in [0.3, 0.4) is 0 Å². The van der Waals surface area contributed by atoms with E-state index in [0.717, 1.165) is 17.8 Å². The average molecular weight is 257 g/mol. The molecule has 2 N–H and O–H groups in total. The number of carbonyl (C=O) groups is 1. The maximum absolute atomic E-state index is 11.3. The molecule has 100 valence electrons. The van der Waals surface area contributed by atoms with Crippen molar-refractivity contribution in [2.24, 2.45) is 0 Å². The predicted molar refractivity (Wildman–Crippen MR) is 76.7 cm³/mol. The molecule has 1 aromatic heterocycles. The van der Waals surface area contributed by atoms with Crippen molar-refractivity contribution in [3.63, 3.8) is 0 Å². The molecule has 2 rings (SSSR count). The third-order valence-corrected chi connectivity index (χ3v) is 3.11. The highest BCUT2D eigenvalue weighted by molar-refractivity contribution is 5.73. The Morgan fingerprint density at radius 1 is 1.32 bits per heavy atom. The van der Waals surface area contributed by atoms with Gasteiger partial charge in [0.2, 0.25) is 5.91 Å². The first-order chi connectivity index (χ1) is 9.16. The lowest BCUT2D eigenvalue weighted by molar-refractivity contribution is -0.128. The first kappa shape index (κ1) is 13.2. The Bertz CT molecular complexity index is 534. The number of rotatable bonds is 5. The summed E-state index contributed by atoms with van der Waals surface area (Å²) in [7, 11) is 1.81. The fourth-order valence-corrected chi connectivity index (χ4v) is 1.86. The summed E-state index contributed by atoms with van der Waals surface area (Å²) in [5.74, 6) is 0.0698. The van der Waals surface area contributed by atoms with Crippen LogP contribution in [-0.4, -0.2) is 22.8 Å². The Morgan fingerprint density at radius 2 is 2.11 bits per heavy atom. The zero-order chi connectivity index (χ0) is 13.7. The minimum absolute atomic E-state index is 0.0698. The fourth-order valence-electron chi connectivity index (χ4n) is 1.86. The Balaban J connectivity index is 2.05. The Hall–Kier alpha value is -2.23. The SMILES string of the molecule is CC(=O)N(C)Cc1ccccc1NCc1cc[nH]c1. The molecule has 0 aliphatic heterocycles. The fraction of sp³-hybridized carbons (Fsp3) is 0.267. The number of para-hydroxylation sites is 1. The van der Waals surface area contributed by atoms with Gasteiger partial charge in [0.05, 0.1) is 0 Å². The maximum atomic E-state index is 11.3. The minimum atomic E-state index is 0.0698. The van der Waals surface area contributed by atoms with Crippen LogP contribution in [0.4, 0.5) is 5.69 Å². The van der Waals surface area contributed by atoms with E-state index >= 15 is 0 Å². The lowest BCUT2D eigenvalue weighted by atomic mass is 10.1. The largest absolute Gasteiger partial charge is 0.381 e. The van der Waals surface area contributed by atoms with Gasteiger partial charge < -0.3 is 15.2 Å². The van der Waals surface area contributed by atoms with Crippen LogP contribution in [0, 0.1) is 0 Å². The number of hydrogen-bond donors (Lipinski definition) is 2. The summed E-state index contributed by atoms with van der Waals surface area (Å²) in [6.45, 7) is 2.96. The van der Waals surface area contributed by atoms with E-state index in [0.29, 0.717) is 6.54 Å². The van der Waals surface area contributed by atoms with E-state index < -0.39 is 0 Å². The molecule has 0 radical (unpaired) electrons. The summed E-state index contributed by atoms with van der Waals surface area (Å²) in [6.07, 6.45) is 3.88. The van der Waals surface area contributed by atoms with Crippen molar-refractivity contribution in [2.75, 3.05) is 12.4 Å². The van der Waals surface area contributed by atoms with Crippen LogP contribution in [0.5, 0.6) is 0 Å². The second-order valence-electron chi connectivity index (χ2n) is 4.61. The molecule has 2 aromatic rings. The van der Waals surface area contributed by atoms with Gasteiger partial charge in [0, 0.05) is 45.1 Å². The third kappa shape index (κ3) is 3.61. The number of nitrogens with one attached hydrogen (secondary N) is 2. The highest BCUT2D eigenvalue weighted by Crippen LogP contribution is 2.17. The third-order valence-electron chi connectivity index (χ3n) is 3.11. The highest BCUT2D eigenvalue weighted by Gasteiger charge is 2.07. The van der Waals surface area contributed by atoms with Crippen LogP contribution in [0.2, 0.25) is 0 Å². The number of benzene rings is 1. The molecule has 1 aromatic carbocycles. The van der Waals surface area contributed by atoms with Gasteiger partial charge in [-0.05, 0) is 23.3 Å². The van der Waals surface area contributed by atoms with Gasteiger partial charge in [-0.3, -0.25) is 4.79 Å². The van der Waals surface area contributed by atoms with Crippen molar-refractivity contribution in [3.8, 4) is 0 Å². The van der Waals surface area contributed by atoms with Gasteiger partial charge in [0.25, 0.3) is 0 Å². The quantitative estimate of drug-likeness (QED) is 0.865. The molecule has 0 aliphatic rings. The first-order valence-electron chi connectivity index (χ1n) is 6.32. The molecule has 1 amide bonds. The van der Waals surface area contributed by atoms with Crippen molar-refractivity contribution in [1.29, 1.82) is 0 Å². The summed E-state index contributed by atoms with van der Waals surface area (Å²) in [5, 5.41) is 3.40. The van der Waals surface area contributed by atoms with E-state index in [9.17, 15) is 4.79 Å². The van der Waals surface area contributed by atoms with Crippen LogP contribution in [0.1, 0.15) is 18.1 Å². The first-order valence-corrected chi connectivity index (χ1v) is 6.32. The predicted octanol–water partition coefficient (Wildman–Crippen LogP) is 2.61. The van der Waals surface area contributed by atoms with Crippen LogP contribution in [0.25, 0.3) is 0 Å². The molecule has 4 nitrogen and oxygen atoms in total. The zero-order valence-electron chi connectivity index (χ0n) is 11.3. The van der Waals surface area contributed by atoms with E-state index in [4.69, 9.17) is 0 Å². The number of anilines is 1. The monoisotopic (exact) mass is 257 g/mol. The second kappa shape index (κ2) is 6.09. The number of nitrogens with zero attached hydrogens (tertiary/aromatic N) is 1. The molecule has 0 fully saturated rings. The maximum Gasteiger partial charge on any atom is 0.219 e. The van der Waals surface area contributed by atoms with Gasteiger partial charge in [-0.2, -0.15) is 0 Å². The molecule has 0 atom stereocenters. The van der Waals surface area contributed by atoms with Gasteiger partial charge in [0.15, 0.2) is 0 Å². The topological polar surface area (TPSA) is 48.1 Å². The number of hydrogen-bond acceptors (Lipinski definition) is 2. The van der Waals surface area contributed by atoms with E-state index in [1.165, 1.54) is 5.56 Å². The number of H-pyrrole nitrogens is 1. The summed E-state index contributed by atoms with van der Waals surface area (Å²) in [4.78, 5) is 16.0. The average Bonchev–Trinajstić information content (AvgIpc) is 2.90. The number of amides is 1. The molecular weight excluding hydrogens is 238 g/mol. The van der Waals surface area contributed by atoms with Crippen molar-refractivity contribution in [2.45, 2.75) is 20.0 Å². The van der Waals surface area contributed by atoms with Crippen molar-refractivity contribution < 1.29 is 4.79 Å². The molecular formula is C15H19N3O. The van der Waals surface area contributed by atoms with Gasteiger partial charge in [-0.1, -0.05) is 18.2 Å². The van der Waals surface area contributed by atoms with E-state index in [-0.39, 0.29) is 5.91 Å². The van der Waals surface area contributed by atoms with Crippen molar-refractivity contribution in [3.05, 3.63) is 53.9 Å². The summed E-state index contributed by atoms with van der Waals surface area (Å²) < 4.78 is 0. The minimum Gasteiger partial charge on any atom is -0.381 e. The molecule has 19 heavy (non-hydrogen) atoms. The molecule has 0 saturated heterocycles. The summed E-state index contributed by atoms with van der Waals surface area (Å²) >= 11 is 0.